The van der Waals surface area contributed by atoms with Crippen molar-refractivity contribution in [1.82, 2.24) is 0 Å². The van der Waals surface area contributed by atoms with Crippen LogP contribution in [-0.4, -0.2) is 0 Å². The predicted octanol–water partition coefficient (Wildman–Crippen LogP) is 6.24. The molecule has 0 amide bonds. The molecule has 0 spiro atoms. The van der Waals surface area contributed by atoms with Crippen molar-refractivity contribution < 1.29 is 0 Å². The van der Waals surface area contributed by atoms with Crippen LogP contribution in [0.4, 0.5) is 5.69 Å². The Morgan fingerprint density at radius 1 is 0.944 bits per heavy atom. The molecule has 2 aromatic rings. The summed E-state index contributed by atoms with van der Waals surface area (Å²) in [6.07, 6.45) is 0. The molecule has 0 unspecified atom stereocenters. The lowest BCUT2D eigenvalue weighted by Crippen LogP contribution is -2.01. The Balaban J connectivity index is 2.16. The van der Waals surface area contributed by atoms with E-state index in [1.807, 2.05) is 36.4 Å². The molecule has 2 aromatic carbocycles. The Labute approximate surface area is 136 Å². The number of nitrogens with one attached hydrogen (secondary N) is 1. The van der Waals surface area contributed by atoms with E-state index in [0.29, 0.717) is 0 Å². The highest BCUT2D eigenvalue weighted by Crippen LogP contribution is 2.31. The molecule has 0 bridgehead atoms. The third-order valence-electron chi connectivity index (χ3n) is 2.43. The maximum absolute atomic E-state index is 5.92. The topological polar surface area (TPSA) is 12.0 Å². The predicted molar refractivity (Wildman–Crippen MR) is 88.3 cm³/mol. The maximum Gasteiger partial charge on any atom is 0.0631 e. The zero-order valence-electron chi connectivity index (χ0n) is 9.18. The van der Waals surface area contributed by atoms with Crippen LogP contribution in [0.15, 0.2) is 49.8 Å². The molecule has 0 aliphatic carbocycles. The fourth-order valence-corrected chi connectivity index (χ4v) is 3.62. The molecule has 94 valence electrons. The van der Waals surface area contributed by atoms with E-state index in [1.54, 1.807) is 0 Å². The van der Waals surface area contributed by atoms with Crippen LogP contribution in [-0.2, 0) is 6.54 Å². The van der Waals surface area contributed by atoms with E-state index in [1.165, 1.54) is 0 Å². The molecule has 0 fully saturated rings. The van der Waals surface area contributed by atoms with E-state index in [0.717, 1.165) is 36.2 Å². The summed E-state index contributed by atoms with van der Waals surface area (Å²) in [7, 11) is 0. The average Bonchev–Trinajstić information content (AvgIpc) is 2.31. The van der Waals surface area contributed by atoms with Crippen molar-refractivity contribution in [3.05, 3.63) is 60.4 Å². The van der Waals surface area contributed by atoms with Crippen molar-refractivity contribution >= 4 is 65.1 Å². The van der Waals surface area contributed by atoms with Crippen LogP contribution in [0.25, 0.3) is 0 Å². The zero-order valence-corrected chi connectivity index (χ0v) is 14.7. The fourth-order valence-electron chi connectivity index (χ4n) is 1.52. The number of benzene rings is 2. The Morgan fingerprint density at radius 2 is 1.61 bits per heavy atom. The molecule has 0 saturated carbocycles. The van der Waals surface area contributed by atoms with E-state index >= 15 is 0 Å². The Hall–Kier alpha value is -0.0300. The minimum atomic E-state index is 0.721. The first-order valence-corrected chi connectivity index (χ1v) is 7.95. The number of rotatable bonds is 3. The van der Waals surface area contributed by atoms with Crippen molar-refractivity contribution in [3.8, 4) is 0 Å². The number of hydrogen-bond donors (Lipinski definition) is 1. The third kappa shape index (κ3) is 3.50. The summed E-state index contributed by atoms with van der Waals surface area (Å²) in [6, 6.07) is 11.8. The third-order valence-corrected chi connectivity index (χ3v) is 4.73. The molecule has 0 aromatic heterocycles. The quantitative estimate of drug-likeness (QED) is 0.579. The molecule has 0 aliphatic rings. The second-order valence-corrected chi connectivity index (χ2v) is 6.69. The van der Waals surface area contributed by atoms with Crippen LogP contribution in [0.1, 0.15) is 5.56 Å². The molecule has 1 nitrogen and oxygen atoms in total. The summed E-state index contributed by atoms with van der Waals surface area (Å²) in [5, 5.41) is 4.12. The summed E-state index contributed by atoms with van der Waals surface area (Å²) in [6.45, 7) is 0.721. The van der Waals surface area contributed by atoms with Gasteiger partial charge in [-0.3, -0.25) is 0 Å². The van der Waals surface area contributed by atoms with E-state index in [2.05, 4.69) is 53.1 Å². The Bertz CT molecular complexity index is 552. The first-order valence-electron chi connectivity index (χ1n) is 5.20. The summed E-state index contributed by atoms with van der Waals surface area (Å²) >= 11 is 16.5. The van der Waals surface area contributed by atoms with Crippen molar-refractivity contribution in [2.75, 3.05) is 5.32 Å². The highest BCUT2D eigenvalue weighted by Gasteiger charge is 2.05. The molecule has 0 heterocycles. The van der Waals surface area contributed by atoms with Gasteiger partial charge in [0, 0.05) is 25.0 Å². The van der Waals surface area contributed by atoms with Crippen molar-refractivity contribution in [2.24, 2.45) is 0 Å². The summed E-state index contributed by atoms with van der Waals surface area (Å²) < 4.78 is 3.06. The van der Waals surface area contributed by atoms with Gasteiger partial charge in [-0.05, 0) is 61.7 Å². The van der Waals surface area contributed by atoms with Gasteiger partial charge >= 0.3 is 0 Å². The van der Waals surface area contributed by atoms with E-state index < -0.39 is 0 Å². The Morgan fingerprint density at radius 3 is 2.22 bits per heavy atom. The van der Waals surface area contributed by atoms with E-state index in [4.69, 9.17) is 11.6 Å². The highest BCUT2D eigenvalue weighted by molar-refractivity contribution is 9.11. The second-order valence-electron chi connectivity index (χ2n) is 3.69. The monoisotopic (exact) mass is 451 g/mol. The molecule has 0 aliphatic heterocycles. The van der Waals surface area contributed by atoms with Gasteiger partial charge in [0.1, 0.15) is 0 Å². The lowest BCUT2D eigenvalue weighted by molar-refractivity contribution is 1.13. The van der Waals surface area contributed by atoms with Gasteiger partial charge < -0.3 is 5.32 Å². The number of anilines is 1. The minimum Gasteiger partial charge on any atom is -0.379 e. The normalized spacial score (nSPS) is 10.4. The minimum absolute atomic E-state index is 0.721. The number of para-hydroxylation sites is 1. The largest absolute Gasteiger partial charge is 0.379 e. The second kappa shape index (κ2) is 6.42. The smallest absolute Gasteiger partial charge is 0.0631 e. The lowest BCUT2D eigenvalue weighted by atomic mass is 10.2. The van der Waals surface area contributed by atoms with E-state index in [-0.39, 0.29) is 0 Å². The molecule has 0 atom stereocenters. The fraction of sp³-hybridized carbons (Fsp3) is 0.0769. The van der Waals surface area contributed by atoms with Crippen LogP contribution in [0.3, 0.4) is 0 Å². The maximum atomic E-state index is 5.92. The summed E-state index contributed by atoms with van der Waals surface area (Å²) in [5.74, 6) is 0. The SMILES string of the molecule is Clc1ccc(CNc2c(Br)cccc2Br)c(Br)c1. The molecular formula is C13H9Br3ClN. The summed E-state index contributed by atoms with van der Waals surface area (Å²) in [5.41, 5.74) is 2.20. The lowest BCUT2D eigenvalue weighted by Gasteiger charge is -2.12. The molecule has 18 heavy (non-hydrogen) atoms. The van der Waals surface area contributed by atoms with Gasteiger partial charge in [-0.2, -0.15) is 0 Å². The van der Waals surface area contributed by atoms with Crippen molar-refractivity contribution in [1.29, 1.82) is 0 Å². The average molecular weight is 454 g/mol. The van der Waals surface area contributed by atoms with Crippen LogP contribution < -0.4 is 5.32 Å². The van der Waals surface area contributed by atoms with Crippen LogP contribution in [0.5, 0.6) is 0 Å². The van der Waals surface area contributed by atoms with Gasteiger partial charge in [0.2, 0.25) is 0 Å². The van der Waals surface area contributed by atoms with Gasteiger partial charge in [0.05, 0.1) is 5.69 Å². The molecule has 0 saturated heterocycles. The first kappa shape index (κ1) is 14.4. The van der Waals surface area contributed by atoms with Gasteiger partial charge in [-0.15, -0.1) is 0 Å². The summed E-state index contributed by atoms with van der Waals surface area (Å²) in [4.78, 5) is 0. The molecule has 0 radical (unpaired) electrons. The first-order chi connectivity index (χ1) is 8.58. The van der Waals surface area contributed by atoms with Gasteiger partial charge in [0.15, 0.2) is 0 Å². The Kier molecular flexibility index (Phi) is 5.13. The highest BCUT2D eigenvalue weighted by atomic mass is 79.9. The van der Waals surface area contributed by atoms with Crippen LogP contribution in [0.2, 0.25) is 5.02 Å². The van der Waals surface area contributed by atoms with Crippen LogP contribution >= 0.6 is 59.4 Å². The van der Waals surface area contributed by atoms with Crippen molar-refractivity contribution in [3.63, 3.8) is 0 Å². The molecular weight excluding hydrogens is 445 g/mol. The van der Waals surface area contributed by atoms with Gasteiger partial charge in [-0.1, -0.05) is 39.7 Å². The van der Waals surface area contributed by atoms with Gasteiger partial charge in [0.25, 0.3) is 0 Å². The van der Waals surface area contributed by atoms with E-state index in [9.17, 15) is 0 Å². The van der Waals surface area contributed by atoms with Crippen LogP contribution in [0, 0.1) is 0 Å². The molecule has 5 heteroatoms. The number of hydrogen-bond acceptors (Lipinski definition) is 1. The standard InChI is InChI=1S/C13H9Br3ClN/c14-10-2-1-3-11(15)13(10)18-7-8-4-5-9(17)6-12(8)16/h1-6,18H,7H2. The van der Waals surface area contributed by atoms with Gasteiger partial charge in [-0.25, -0.2) is 0 Å². The molecule has 2 rings (SSSR count). The zero-order chi connectivity index (χ0) is 13.1. The van der Waals surface area contributed by atoms with Crippen molar-refractivity contribution in [2.45, 2.75) is 6.54 Å². The number of halogens is 4. The molecule has 1 N–H and O–H groups in total.